The third-order valence-corrected chi connectivity index (χ3v) is 4.04. The normalized spacial score (nSPS) is 17.2. The topological polar surface area (TPSA) is 69.7 Å². The number of rotatable bonds is 6. The maximum absolute atomic E-state index is 12.1. The Hall–Kier alpha value is -2.37. The van der Waals surface area contributed by atoms with Crippen LogP contribution in [0.2, 0.25) is 0 Å². The molecule has 2 rings (SSSR count). The van der Waals surface area contributed by atoms with E-state index in [0.717, 1.165) is 5.56 Å². The maximum Gasteiger partial charge on any atom is 0.225 e. The van der Waals surface area contributed by atoms with Gasteiger partial charge in [0.05, 0.1) is 5.92 Å². The first kappa shape index (κ1) is 17.0. The van der Waals surface area contributed by atoms with Crippen molar-refractivity contribution in [3.05, 3.63) is 35.9 Å². The van der Waals surface area contributed by atoms with Crippen molar-refractivity contribution in [1.82, 2.24) is 15.1 Å². The lowest BCUT2D eigenvalue weighted by Crippen LogP contribution is -2.35. The van der Waals surface area contributed by atoms with E-state index in [-0.39, 0.29) is 36.5 Å². The molecule has 1 aromatic rings. The number of likely N-dealkylation sites (tertiary alicyclic amines) is 1. The van der Waals surface area contributed by atoms with Crippen LogP contribution in [0.15, 0.2) is 30.3 Å². The Kier molecular flexibility index (Phi) is 5.73. The van der Waals surface area contributed by atoms with Crippen LogP contribution in [-0.2, 0) is 20.9 Å². The van der Waals surface area contributed by atoms with Crippen molar-refractivity contribution in [3.63, 3.8) is 0 Å². The predicted octanol–water partition coefficient (Wildman–Crippen LogP) is 0.630. The van der Waals surface area contributed by atoms with E-state index in [0.29, 0.717) is 19.6 Å². The average Bonchev–Trinajstić information content (AvgIpc) is 2.87. The molecule has 0 aromatic heterocycles. The van der Waals surface area contributed by atoms with Crippen LogP contribution in [0.1, 0.15) is 18.4 Å². The molecular formula is C17H23N3O3. The number of hydrogen-bond acceptors (Lipinski definition) is 3. The van der Waals surface area contributed by atoms with Crippen molar-refractivity contribution in [1.29, 1.82) is 0 Å². The molecule has 0 bridgehead atoms. The van der Waals surface area contributed by atoms with E-state index in [1.165, 1.54) is 0 Å². The van der Waals surface area contributed by atoms with E-state index in [1.54, 1.807) is 23.9 Å². The minimum Gasteiger partial charge on any atom is -0.355 e. The van der Waals surface area contributed by atoms with Crippen LogP contribution in [0.5, 0.6) is 0 Å². The highest BCUT2D eigenvalue weighted by Gasteiger charge is 2.31. The van der Waals surface area contributed by atoms with Crippen LogP contribution < -0.4 is 5.32 Å². The van der Waals surface area contributed by atoms with E-state index < -0.39 is 0 Å². The zero-order valence-corrected chi connectivity index (χ0v) is 13.6. The zero-order chi connectivity index (χ0) is 16.8. The fraction of sp³-hybridized carbons (Fsp3) is 0.471. The Morgan fingerprint density at radius 2 is 2.00 bits per heavy atom. The third kappa shape index (κ3) is 4.81. The molecule has 1 fully saturated rings. The van der Waals surface area contributed by atoms with Gasteiger partial charge in [0.1, 0.15) is 0 Å². The average molecular weight is 317 g/mol. The van der Waals surface area contributed by atoms with Gasteiger partial charge in [-0.25, -0.2) is 0 Å². The van der Waals surface area contributed by atoms with Gasteiger partial charge in [0.25, 0.3) is 0 Å². The molecule has 0 radical (unpaired) electrons. The van der Waals surface area contributed by atoms with E-state index in [9.17, 15) is 14.4 Å². The molecule has 1 aliphatic heterocycles. The maximum atomic E-state index is 12.1. The Labute approximate surface area is 136 Å². The Morgan fingerprint density at radius 1 is 1.30 bits per heavy atom. The lowest BCUT2D eigenvalue weighted by Gasteiger charge is -2.18. The summed E-state index contributed by atoms with van der Waals surface area (Å²) in [6.07, 6.45) is 0.510. The first-order valence-corrected chi connectivity index (χ1v) is 7.77. The van der Waals surface area contributed by atoms with E-state index >= 15 is 0 Å². The third-order valence-electron chi connectivity index (χ3n) is 4.04. The van der Waals surface area contributed by atoms with Crippen LogP contribution in [0.4, 0.5) is 0 Å². The van der Waals surface area contributed by atoms with Gasteiger partial charge in [0.15, 0.2) is 0 Å². The largest absolute Gasteiger partial charge is 0.355 e. The minimum atomic E-state index is -0.301. The Morgan fingerprint density at radius 3 is 2.61 bits per heavy atom. The van der Waals surface area contributed by atoms with Gasteiger partial charge in [0, 0.05) is 46.6 Å². The van der Waals surface area contributed by atoms with Crippen LogP contribution in [-0.4, -0.2) is 54.7 Å². The fourth-order valence-electron chi connectivity index (χ4n) is 2.61. The number of carbonyl (C=O) groups is 3. The molecule has 124 valence electrons. The summed E-state index contributed by atoms with van der Waals surface area (Å²) in [4.78, 5) is 38.7. The number of benzene rings is 1. The first-order chi connectivity index (χ1) is 11.0. The highest BCUT2D eigenvalue weighted by Crippen LogP contribution is 2.15. The summed E-state index contributed by atoms with van der Waals surface area (Å²) in [7, 11) is 3.44. The van der Waals surface area contributed by atoms with Crippen LogP contribution >= 0.6 is 0 Å². The molecule has 0 spiro atoms. The van der Waals surface area contributed by atoms with Crippen LogP contribution in [0.25, 0.3) is 0 Å². The second-order valence-electron chi connectivity index (χ2n) is 5.95. The highest BCUT2D eigenvalue weighted by atomic mass is 16.2. The molecule has 1 aliphatic rings. The van der Waals surface area contributed by atoms with E-state index in [2.05, 4.69) is 5.32 Å². The summed E-state index contributed by atoms with van der Waals surface area (Å²) < 4.78 is 0. The van der Waals surface area contributed by atoms with Crippen molar-refractivity contribution in [2.24, 2.45) is 5.92 Å². The second kappa shape index (κ2) is 7.76. The van der Waals surface area contributed by atoms with Gasteiger partial charge in [-0.2, -0.15) is 0 Å². The van der Waals surface area contributed by atoms with Crippen LogP contribution in [0, 0.1) is 5.92 Å². The van der Waals surface area contributed by atoms with Gasteiger partial charge in [-0.15, -0.1) is 0 Å². The van der Waals surface area contributed by atoms with Gasteiger partial charge < -0.3 is 15.1 Å². The summed E-state index contributed by atoms with van der Waals surface area (Å²) in [5.74, 6) is -0.483. The lowest BCUT2D eigenvalue weighted by molar-refractivity contribution is -0.131. The van der Waals surface area contributed by atoms with Gasteiger partial charge in [-0.05, 0) is 5.56 Å². The molecule has 23 heavy (non-hydrogen) atoms. The lowest BCUT2D eigenvalue weighted by atomic mass is 10.1. The molecule has 1 heterocycles. The van der Waals surface area contributed by atoms with E-state index in [1.807, 2.05) is 30.3 Å². The molecule has 1 aromatic carbocycles. The van der Waals surface area contributed by atoms with Crippen LogP contribution in [0.3, 0.4) is 0 Å². The summed E-state index contributed by atoms with van der Waals surface area (Å²) in [6, 6.07) is 9.76. The number of nitrogens with one attached hydrogen (secondary N) is 1. The number of carbonyl (C=O) groups excluding carboxylic acids is 3. The first-order valence-electron chi connectivity index (χ1n) is 7.77. The number of hydrogen-bond donors (Lipinski definition) is 1. The molecule has 3 amide bonds. The molecule has 0 aliphatic carbocycles. The van der Waals surface area contributed by atoms with Crippen molar-refractivity contribution >= 4 is 17.7 Å². The number of nitrogens with zero attached hydrogens (tertiary/aromatic N) is 2. The molecule has 1 saturated heterocycles. The Balaban J connectivity index is 1.70. The van der Waals surface area contributed by atoms with Gasteiger partial charge in [-0.1, -0.05) is 30.3 Å². The molecule has 6 heteroatoms. The van der Waals surface area contributed by atoms with Crippen molar-refractivity contribution in [2.75, 3.05) is 27.2 Å². The predicted molar refractivity (Wildman–Crippen MR) is 86.3 cm³/mol. The Bertz CT molecular complexity index is 574. The molecule has 1 N–H and O–H groups in total. The number of amides is 3. The summed E-state index contributed by atoms with van der Waals surface area (Å²) in [5, 5.41) is 2.75. The fourth-order valence-corrected chi connectivity index (χ4v) is 2.61. The summed E-state index contributed by atoms with van der Waals surface area (Å²) >= 11 is 0. The second-order valence-corrected chi connectivity index (χ2v) is 5.95. The smallest absolute Gasteiger partial charge is 0.225 e. The molecule has 6 nitrogen and oxygen atoms in total. The van der Waals surface area contributed by atoms with Crippen molar-refractivity contribution in [2.45, 2.75) is 19.4 Å². The molecule has 0 unspecified atom stereocenters. The monoisotopic (exact) mass is 317 g/mol. The molecule has 1 atom stereocenters. The quantitative estimate of drug-likeness (QED) is 0.836. The van der Waals surface area contributed by atoms with Crippen molar-refractivity contribution in [3.8, 4) is 0 Å². The van der Waals surface area contributed by atoms with Gasteiger partial charge in [0.2, 0.25) is 17.7 Å². The van der Waals surface area contributed by atoms with Gasteiger partial charge in [-0.3, -0.25) is 14.4 Å². The summed E-state index contributed by atoms with van der Waals surface area (Å²) in [5.41, 5.74) is 1.07. The SMILES string of the molecule is CN(Cc1ccccc1)C(=O)CCNC(=O)[C@H]1CC(=O)N(C)C1. The van der Waals surface area contributed by atoms with Crippen molar-refractivity contribution < 1.29 is 14.4 Å². The molecular weight excluding hydrogens is 294 g/mol. The standard InChI is InChI=1S/C17H23N3O3/c1-19(11-13-6-4-3-5-7-13)15(21)8-9-18-17(23)14-10-16(22)20(2)12-14/h3-7,14H,8-12H2,1-2H3,(H,18,23)/t14-/m0/s1. The highest BCUT2D eigenvalue weighted by molar-refractivity contribution is 5.89. The van der Waals surface area contributed by atoms with E-state index in [4.69, 9.17) is 0 Å². The minimum absolute atomic E-state index is 0.0104. The summed E-state index contributed by atoms with van der Waals surface area (Å²) in [6.45, 7) is 1.30. The zero-order valence-electron chi connectivity index (χ0n) is 13.6. The van der Waals surface area contributed by atoms with Gasteiger partial charge >= 0.3 is 0 Å². The molecule has 0 saturated carbocycles.